The van der Waals surface area contributed by atoms with Crippen molar-refractivity contribution in [1.29, 1.82) is 0 Å². The van der Waals surface area contributed by atoms with Gasteiger partial charge in [-0.1, -0.05) is 123 Å². The fourth-order valence-corrected chi connectivity index (χ4v) is 7.02. The van der Waals surface area contributed by atoms with Crippen molar-refractivity contribution in [1.82, 2.24) is 14.4 Å². The van der Waals surface area contributed by atoms with E-state index in [4.69, 9.17) is 9.72 Å². The van der Waals surface area contributed by atoms with Gasteiger partial charge in [0.05, 0.1) is 22.1 Å². The SMILES string of the molecule is CC(C)(C)c1ccccc1-c1cc(Oc2[c-]c(-c3ccc4c(n3)c3cccc5c6ccccc6n4c53)ccc2)[c-]c(-c2ccccn2)c1.[Pt+2]. The number of benzene rings is 5. The first-order chi connectivity index (χ1) is 23.4. The van der Waals surface area contributed by atoms with Gasteiger partial charge in [0, 0.05) is 33.9 Å². The van der Waals surface area contributed by atoms with Gasteiger partial charge in [0.25, 0.3) is 0 Å². The van der Waals surface area contributed by atoms with Crippen molar-refractivity contribution in [2.45, 2.75) is 26.2 Å². The number of hydrogen-bond donors (Lipinski definition) is 0. The van der Waals surface area contributed by atoms with Crippen LogP contribution in [0, 0.1) is 12.1 Å². The van der Waals surface area contributed by atoms with Crippen LogP contribution in [0.2, 0.25) is 0 Å². The molecule has 9 rings (SSSR count). The van der Waals surface area contributed by atoms with E-state index in [1.165, 1.54) is 27.4 Å². The molecule has 0 aliphatic carbocycles. The topological polar surface area (TPSA) is 39.4 Å². The second-order valence-electron chi connectivity index (χ2n) is 13.3. The van der Waals surface area contributed by atoms with Crippen LogP contribution in [0.4, 0.5) is 0 Å². The fourth-order valence-electron chi connectivity index (χ4n) is 7.02. The zero-order valence-electron chi connectivity index (χ0n) is 27.3. The number of ether oxygens (including phenoxy) is 1. The second-order valence-corrected chi connectivity index (χ2v) is 13.3. The maximum absolute atomic E-state index is 6.55. The summed E-state index contributed by atoms with van der Waals surface area (Å²) >= 11 is 0. The van der Waals surface area contributed by atoms with E-state index in [-0.39, 0.29) is 26.5 Å². The normalized spacial score (nSPS) is 11.8. The van der Waals surface area contributed by atoms with E-state index < -0.39 is 0 Å². The summed E-state index contributed by atoms with van der Waals surface area (Å²) in [5.74, 6) is 1.20. The Morgan fingerprint density at radius 3 is 2.22 bits per heavy atom. The van der Waals surface area contributed by atoms with Gasteiger partial charge in [0.15, 0.2) is 0 Å². The summed E-state index contributed by atoms with van der Waals surface area (Å²) in [5, 5.41) is 3.66. The zero-order valence-corrected chi connectivity index (χ0v) is 29.5. The molecule has 0 fully saturated rings. The Balaban J connectivity index is 0.00000348. The molecule has 238 valence electrons. The summed E-state index contributed by atoms with van der Waals surface area (Å²) in [7, 11) is 0. The number of hydrogen-bond acceptors (Lipinski definition) is 3. The van der Waals surface area contributed by atoms with Crippen molar-refractivity contribution in [3.63, 3.8) is 0 Å². The number of nitrogens with zero attached hydrogens (tertiary/aromatic N) is 3. The van der Waals surface area contributed by atoms with Gasteiger partial charge < -0.3 is 14.1 Å². The molecule has 5 aromatic carbocycles. The molecular weight excluding hydrogens is 782 g/mol. The van der Waals surface area contributed by atoms with Crippen molar-refractivity contribution in [2.75, 3.05) is 0 Å². The van der Waals surface area contributed by atoms with Gasteiger partial charge in [0.2, 0.25) is 0 Å². The van der Waals surface area contributed by atoms with E-state index in [9.17, 15) is 0 Å². The van der Waals surface area contributed by atoms with E-state index in [0.29, 0.717) is 11.5 Å². The fraction of sp³-hybridized carbons (Fsp3) is 0.0909. The van der Waals surface area contributed by atoms with Gasteiger partial charge in [-0.05, 0) is 46.1 Å². The van der Waals surface area contributed by atoms with Gasteiger partial charge in [-0.15, -0.1) is 35.4 Å². The molecule has 0 amide bonds. The van der Waals surface area contributed by atoms with Crippen LogP contribution in [0.3, 0.4) is 0 Å². The molecule has 0 aliphatic heterocycles. The molecule has 0 saturated heterocycles. The van der Waals surface area contributed by atoms with Crippen LogP contribution < -0.4 is 4.74 Å². The Labute approximate surface area is 299 Å². The average Bonchev–Trinajstić information content (AvgIpc) is 3.64. The summed E-state index contributed by atoms with van der Waals surface area (Å²) in [4.78, 5) is 9.83. The Morgan fingerprint density at radius 2 is 1.37 bits per heavy atom. The van der Waals surface area contributed by atoms with E-state index in [0.717, 1.165) is 50.1 Å². The molecule has 0 N–H and O–H groups in total. The number of aromatic nitrogens is 3. The first-order valence-electron chi connectivity index (χ1n) is 16.3. The second kappa shape index (κ2) is 12.0. The van der Waals surface area contributed by atoms with Gasteiger partial charge in [0.1, 0.15) is 0 Å². The number of para-hydroxylation sites is 2. The number of pyridine rings is 2. The monoisotopic (exact) mass is 812 g/mol. The van der Waals surface area contributed by atoms with Crippen molar-refractivity contribution in [3.05, 3.63) is 151 Å². The summed E-state index contributed by atoms with van der Waals surface area (Å²) in [6.07, 6.45) is 1.81. The molecule has 49 heavy (non-hydrogen) atoms. The molecule has 0 atom stereocenters. The van der Waals surface area contributed by atoms with Gasteiger partial charge in [-0.3, -0.25) is 4.98 Å². The molecule has 0 saturated carbocycles. The van der Waals surface area contributed by atoms with Crippen molar-refractivity contribution < 1.29 is 25.8 Å². The van der Waals surface area contributed by atoms with E-state index >= 15 is 0 Å². The molecule has 0 bridgehead atoms. The summed E-state index contributed by atoms with van der Waals surface area (Å²) < 4.78 is 8.89. The Kier molecular flexibility index (Phi) is 7.58. The minimum Gasteiger partial charge on any atom is -0.497 e. The largest absolute Gasteiger partial charge is 2.00 e. The molecule has 0 aliphatic rings. The Hall–Kier alpha value is -5.31. The maximum atomic E-state index is 6.55. The predicted molar refractivity (Wildman–Crippen MR) is 196 cm³/mol. The van der Waals surface area contributed by atoms with E-state index in [1.807, 2.05) is 36.4 Å². The molecule has 9 aromatic rings. The molecule has 0 radical (unpaired) electrons. The van der Waals surface area contributed by atoms with Crippen LogP contribution in [0.1, 0.15) is 26.3 Å². The van der Waals surface area contributed by atoms with Crippen LogP contribution in [0.5, 0.6) is 11.5 Å². The first kappa shape index (κ1) is 31.0. The summed E-state index contributed by atoms with van der Waals surface area (Å²) in [6.45, 7) is 6.72. The van der Waals surface area contributed by atoms with Crippen molar-refractivity contribution in [2.24, 2.45) is 0 Å². The van der Waals surface area contributed by atoms with Crippen molar-refractivity contribution >= 4 is 38.2 Å². The van der Waals surface area contributed by atoms with Gasteiger partial charge in [-0.25, -0.2) is 0 Å². The maximum Gasteiger partial charge on any atom is 2.00 e. The van der Waals surface area contributed by atoms with Crippen LogP contribution in [-0.4, -0.2) is 14.4 Å². The molecule has 4 heterocycles. The van der Waals surface area contributed by atoms with Crippen LogP contribution >= 0.6 is 0 Å². The number of fused-ring (bicyclic) bond motifs is 6. The minimum absolute atomic E-state index is 0. The Bertz CT molecular complexity index is 2640. The zero-order chi connectivity index (χ0) is 32.4. The molecule has 0 unspecified atom stereocenters. The third-order valence-corrected chi connectivity index (χ3v) is 9.16. The Morgan fingerprint density at radius 1 is 0.612 bits per heavy atom. The van der Waals surface area contributed by atoms with Crippen LogP contribution in [0.15, 0.2) is 134 Å². The van der Waals surface area contributed by atoms with Crippen LogP contribution in [0.25, 0.3) is 71.9 Å². The quantitative estimate of drug-likeness (QED) is 0.163. The molecule has 4 aromatic heterocycles. The van der Waals surface area contributed by atoms with E-state index in [1.54, 1.807) is 6.20 Å². The number of rotatable bonds is 5. The molecular formula is C44H31N3OPt. The molecule has 5 heteroatoms. The average molecular weight is 813 g/mol. The summed E-state index contributed by atoms with van der Waals surface area (Å²) in [5.41, 5.74) is 11.4. The van der Waals surface area contributed by atoms with Gasteiger partial charge in [-0.2, -0.15) is 0 Å². The van der Waals surface area contributed by atoms with Crippen LogP contribution in [-0.2, 0) is 26.5 Å². The van der Waals surface area contributed by atoms with Crippen molar-refractivity contribution in [3.8, 4) is 45.1 Å². The molecule has 0 spiro atoms. The van der Waals surface area contributed by atoms with E-state index in [2.05, 4.69) is 133 Å². The molecule has 4 nitrogen and oxygen atoms in total. The third-order valence-electron chi connectivity index (χ3n) is 9.16. The van der Waals surface area contributed by atoms with Gasteiger partial charge >= 0.3 is 21.1 Å². The third kappa shape index (κ3) is 5.28. The first-order valence-corrected chi connectivity index (χ1v) is 16.3. The summed E-state index contributed by atoms with van der Waals surface area (Å²) in [6, 6.07) is 51.0. The smallest absolute Gasteiger partial charge is 0.497 e. The minimum atomic E-state index is -0.0333. The standard InChI is InChI=1S/C44H31N3O.Pt/c1-44(2,3)37-18-6-4-14-33(37)29-24-30(38-19-8-9-23-45-38)27-32(26-29)48-31-13-10-12-28(25-31)39-21-22-41-42(46-39)36-17-11-16-35-34-15-5-7-20-40(34)47(41)43(35)36;/h4-24,26H,1-3H3;/q-2;+2. The predicted octanol–water partition coefficient (Wildman–Crippen LogP) is 11.3.